The molecule has 0 fully saturated rings. The van der Waals surface area contributed by atoms with Gasteiger partial charge in [0.15, 0.2) is 5.75 Å². The number of pyridine rings is 1. The van der Waals surface area contributed by atoms with E-state index < -0.39 is 0 Å². The molecule has 5 heteroatoms. The fourth-order valence-electron chi connectivity index (χ4n) is 1.37. The van der Waals surface area contributed by atoms with Crippen molar-refractivity contribution in [1.82, 2.24) is 4.98 Å². The number of aromatic nitrogens is 1. The lowest BCUT2D eigenvalue weighted by Crippen LogP contribution is -1.96. The van der Waals surface area contributed by atoms with E-state index in [1.807, 2.05) is 12.1 Å². The van der Waals surface area contributed by atoms with Crippen LogP contribution in [0.25, 0.3) is 0 Å². The van der Waals surface area contributed by atoms with Crippen LogP contribution in [0.5, 0.6) is 11.6 Å². The smallest absolute Gasteiger partial charge is 0.237 e. The Kier molecular flexibility index (Phi) is 3.08. The van der Waals surface area contributed by atoms with Crippen molar-refractivity contribution < 1.29 is 4.74 Å². The fourth-order valence-corrected chi connectivity index (χ4v) is 1.37. The van der Waals surface area contributed by atoms with E-state index in [0.717, 1.165) is 0 Å². The lowest BCUT2D eigenvalue weighted by Gasteiger charge is -2.08. The van der Waals surface area contributed by atoms with Gasteiger partial charge in [0.05, 0.1) is 17.3 Å². The summed E-state index contributed by atoms with van der Waals surface area (Å²) in [5.41, 5.74) is 6.84. The summed E-state index contributed by atoms with van der Waals surface area (Å²) in [5, 5.41) is 17.6. The van der Waals surface area contributed by atoms with Gasteiger partial charge in [0.25, 0.3) is 0 Å². The zero-order chi connectivity index (χ0) is 13.0. The number of rotatable bonds is 2. The number of hydrogen-bond acceptors (Lipinski definition) is 5. The predicted molar refractivity (Wildman–Crippen MR) is 64.6 cm³/mol. The van der Waals surface area contributed by atoms with E-state index in [1.54, 1.807) is 24.3 Å². The number of nitrogens with two attached hydrogens (primary N) is 1. The predicted octanol–water partition coefficient (Wildman–Crippen LogP) is 2.20. The quantitative estimate of drug-likeness (QED) is 0.806. The van der Waals surface area contributed by atoms with E-state index in [4.69, 9.17) is 21.0 Å². The van der Waals surface area contributed by atoms with Crippen molar-refractivity contribution in [3.05, 3.63) is 47.7 Å². The van der Waals surface area contributed by atoms with Gasteiger partial charge in [-0.3, -0.25) is 0 Å². The molecule has 0 radical (unpaired) electrons. The van der Waals surface area contributed by atoms with Crippen LogP contribution < -0.4 is 10.5 Å². The number of benzene rings is 1. The molecule has 0 bridgehead atoms. The third-order valence-corrected chi connectivity index (χ3v) is 2.24. The van der Waals surface area contributed by atoms with Crippen LogP contribution in [0.1, 0.15) is 11.1 Å². The first-order chi connectivity index (χ1) is 8.74. The summed E-state index contributed by atoms with van der Waals surface area (Å²) in [4.78, 5) is 3.96. The molecular weight excluding hydrogens is 228 g/mol. The summed E-state index contributed by atoms with van der Waals surface area (Å²) in [7, 11) is 0. The van der Waals surface area contributed by atoms with Crippen LogP contribution >= 0.6 is 0 Å². The topological polar surface area (TPSA) is 95.7 Å². The number of hydrogen-bond donors (Lipinski definition) is 1. The van der Waals surface area contributed by atoms with Crippen LogP contribution in [0.3, 0.4) is 0 Å². The lowest BCUT2D eigenvalue weighted by molar-refractivity contribution is 0.463. The summed E-state index contributed by atoms with van der Waals surface area (Å²) in [6.45, 7) is 0. The SMILES string of the molecule is N#Cc1ccc(Oc2ncccc2C#N)c(N)c1. The van der Waals surface area contributed by atoms with Gasteiger partial charge in [-0.2, -0.15) is 10.5 Å². The van der Waals surface area contributed by atoms with Gasteiger partial charge in [-0.05, 0) is 30.3 Å². The molecule has 0 aliphatic rings. The van der Waals surface area contributed by atoms with Crippen molar-refractivity contribution in [3.8, 4) is 23.8 Å². The molecule has 18 heavy (non-hydrogen) atoms. The van der Waals surface area contributed by atoms with Crippen molar-refractivity contribution in [3.63, 3.8) is 0 Å². The second-order valence-corrected chi connectivity index (χ2v) is 3.43. The molecule has 2 rings (SSSR count). The molecule has 0 spiro atoms. The van der Waals surface area contributed by atoms with Gasteiger partial charge >= 0.3 is 0 Å². The second-order valence-electron chi connectivity index (χ2n) is 3.43. The first-order valence-electron chi connectivity index (χ1n) is 5.07. The standard InChI is InChI=1S/C13H8N4O/c14-7-9-3-4-12(11(16)6-9)18-13-10(8-15)2-1-5-17-13/h1-6H,16H2. The largest absolute Gasteiger partial charge is 0.436 e. The number of anilines is 1. The molecule has 1 aromatic carbocycles. The minimum absolute atomic E-state index is 0.191. The van der Waals surface area contributed by atoms with Crippen LogP contribution in [0.2, 0.25) is 0 Å². The highest BCUT2D eigenvalue weighted by molar-refractivity contribution is 5.58. The van der Waals surface area contributed by atoms with E-state index >= 15 is 0 Å². The summed E-state index contributed by atoms with van der Waals surface area (Å²) in [5.74, 6) is 0.556. The molecule has 0 amide bonds. The summed E-state index contributed by atoms with van der Waals surface area (Å²) < 4.78 is 5.46. The molecule has 1 heterocycles. The highest BCUT2D eigenvalue weighted by Crippen LogP contribution is 2.28. The van der Waals surface area contributed by atoms with Crippen molar-refractivity contribution in [2.75, 3.05) is 5.73 Å². The van der Waals surface area contributed by atoms with E-state index in [-0.39, 0.29) is 5.88 Å². The molecule has 0 unspecified atom stereocenters. The van der Waals surface area contributed by atoms with Gasteiger partial charge in [0.2, 0.25) is 5.88 Å². The van der Waals surface area contributed by atoms with Crippen molar-refractivity contribution in [1.29, 1.82) is 10.5 Å². The molecule has 86 valence electrons. The number of nitrogen functional groups attached to an aromatic ring is 1. The Morgan fingerprint density at radius 1 is 1.17 bits per heavy atom. The molecule has 2 N–H and O–H groups in total. The molecule has 0 atom stereocenters. The van der Waals surface area contributed by atoms with Crippen LogP contribution in [0.15, 0.2) is 36.5 Å². The van der Waals surface area contributed by atoms with Gasteiger partial charge in [-0.15, -0.1) is 0 Å². The zero-order valence-electron chi connectivity index (χ0n) is 9.29. The van der Waals surface area contributed by atoms with Crippen LogP contribution in [0, 0.1) is 22.7 Å². The summed E-state index contributed by atoms with van der Waals surface area (Å²) in [6.07, 6.45) is 1.52. The Morgan fingerprint density at radius 2 is 2.00 bits per heavy atom. The monoisotopic (exact) mass is 236 g/mol. The molecule has 0 saturated carbocycles. The minimum atomic E-state index is 0.191. The maximum atomic E-state index is 8.90. The maximum Gasteiger partial charge on any atom is 0.237 e. The Balaban J connectivity index is 2.36. The Morgan fingerprint density at radius 3 is 2.67 bits per heavy atom. The summed E-state index contributed by atoms with van der Waals surface area (Å²) >= 11 is 0. The minimum Gasteiger partial charge on any atom is -0.436 e. The first-order valence-corrected chi connectivity index (χ1v) is 5.07. The molecular formula is C13H8N4O. The van der Waals surface area contributed by atoms with Gasteiger partial charge in [-0.1, -0.05) is 0 Å². The number of nitriles is 2. The van der Waals surface area contributed by atoms with Crippen molar-refractivity contribution in [2.24, 2.45) is 0 Å². The van der Waals surface area contributed by atoms with E-state index in [1.165, 1.54) is 12.3 Å². The first kappa shape index (κ1) is 11.4. The maximum absolute atomic E-state index is 8.90. The van der Waals surface area contributed by atoms with E-state index in [9.17, 15) is 0 Å². The van der Waals surface area contributed by atoms with Crippen LogP contribution in [0.4, 0.5) is 5.69 Å². The number of nitrogens with zero attached hydrogens (tertiary/aromatic N) is 3. The average Bonchev–Trinajstić information content (AvgIpc) is 2.41. The third kappa shape index (κ3) is 2.21. The van der Waals surface area contributed by atoms with Crippen molar-refractivity contribution in [2.45, 2.75) is 0 Å². The Hall–Kier alpha value is -3.05. The lowest BCUT2D eigenvalue weighted by atomic mass is 10.2. The van der Waals surface area contributed by atoms with Crippen LogP contribution in [-0.4, -0.2) is 4.98 Å². The van der Waals surface area contributed by atoms with Crippen LogP contribution in [-0.2, 0) is 0 Å². The Bertz CT molecular complexity index is 667. The average molecular weight is 236 g/mol. The highest BCUT2D eigenvalue weighted by Gasteiger charge is 2.08. The van der Waals surface area contributed by atoms with Gasteiger partial charge in [0, 0.05) is 6.20 Å². The van der Waals surface area contributed by atoms with Crippen molar-refractivity contribution >= 4 is 5.69 Å². The normalized spacial score (nSPS) is 9.22. The highest BCUT2D eigenvalue weighted by atomic mass is 16.5. The molecule has 0 saturated heterocycles. The molecule has 0 aliphatic carbocycles. The molecule has 0 aliphatic heterocycles. The number of ether oxygens (including phenoxy) is 1. The summed E-state index contributed by atoms with van der Waals surface area (Å²) in [6, 6.07) is 11.9. The fraction of sp³-hybridized carbons (Fsp3) is 0. The molecule has 5 nitrogen and oxygen atoms in total. The van der Waals surface area contributed by atoms with E-state index in [0.29, 0.717) is 22.6 Å². The third-order valence-electron chi connectivity index (χ3n) is 2.24. The van der Waals surface area contributed by atoms with Gasteiger partial charge in [-0.25, -0.2) is 4.98 Å². The van der Waals surface area contributed by atoms with Gasteiger partial charge < -0.3 is 10.5 Å². The molecule has 1 aromatic heterocycles. The van der Waals surface area contributed by atoms with E-state index in [2.05, 4.69) is 4.98 Å². The zero-order valence-corrected chi connectivity index (χ0v) is 9.29. The Labute approximate surface area is 104 Å². The van der Waals surface area contributed by atoms with Gasteiger partial charge in [0.1, 0.15) is 11.6 Å². The second kappa shape index (κ2) is 4.86. The molecule has 2 aromatic rings.